The molecule has 128 valence electrons. The Kier molecular flexibility index (Phi) is 4.70. The fourth-order valence-corrected chi connectivity index (χ4v) is 2.44. The summed E-state index contributed by atoms with van der Waals surface area (Å²) in [5.74, 6) is -0.259. The molecule has 25 heavy (non-hydrogen) atoms. The second-order valence-corrected chi connectivity index (χ2v) is 5.51. The van der Waals surface area contributed by atoms with Gasteiger partial charge in [0, 0.05) is 22.8 Å². The van der Waals surface area contributed by atoms with Gasteiger partial charge in [-0.05, 0) is 37.3 Å². The molecule has 0 spiro atoms. The monoisotopic (exact) mass is 338 g/mol. The van der Waals surface area contributed by atoms with Crippen molar-refractivity contribution in [1.82, 2.24) is 4.98 Å². The normalized spacial score (nSPS) is 11.8. The maximum Gasteiger partial charge on any atom is 0.341 e. The number of anilines is 1. The van der Waals surface area contributed by atoms with Crippen molar-refractivity contribution in [3.8, 4) is 5.75 Å². The number of esters is 1. The number of amides is 1. The van der Waals surface area contributed by atoms with Crippen LogP contribution in [0.5, 0.6) is 5.75 Å². The Labute approximate surface area is 144 Å². The van der Waals surface area contributed by atoms with Crippen LogP contribution in [0.15, 0.2) is 54.7 Å². The van der Waals surface area contributed by atoms with Gasteiger partial charge in [-0.1, -0.05) is 18.2 Å². The molecule has 1 amide bonds. The SMILES string of the molecule is COc1ccc(NC(=O)[C@@H](C)OC(=O)c2c[nH]c3ccccc23)cc1. The Morgan fingerprint density at radius 2 is 1.80 bits per heavy atom. The van der Waals surface area contributed by atoms with Crippen LogP contribution in [-0.2, 0) is 9.53 Å². The van der Waals surface area contributed by atoms with Gasteiger partial charge in [0.25, 0.3) is 5.91 Å². The number of H-pyrrole nitrogens is 1. The Hall–Kier alpha value is -3.28. The number of benzene rings is 2. The first-order valence-corrected chi connectivity index (χ1v) is 7.80. The van der Waals surface area contributed by atoms with Crippen molar-refractivity contribution in [3.63, 3.8) is 0 Å². The highest BCUT2D eigenvalue weighted by atomic mass is 16.5. The van der Waals surface area contributed by atoms with E-state index in [1.54, 1.807) is 37.6 Å². The van der Waals surface area contributed by atoms with Crippen molar-refractivity contribution in [3.05, 3.63) is 60.3 Å². The van der Waals surface area contributed by atoms with Crippen LogP contribution in [0.1, 0.15) is 17.3 Å². The van der Waals surface area contributed by atoms with Crippen molar-refractivity contribution in [2.45, 2.75) is 13.0 Å². The summed E-state index contributed by atoms with van der Waals surface area (Å²) in [7, 11) is 1.57. The van der Waals surface area contributed by atoms with Crippen molar-refractivity contribution in [2.75, 3.05) is 12.4 Å². The van der Waals surface area contributed by atoms with Crippen molar-refractivity contribution >= 4 is 28.5 Å². The van der Waals surface area contributed by atoms with Gasteiger partial charge in [0.15, 0.2) is 6.10 Å². The summed E-state index contributed by atoms with van der Waals surface area (Å²) in [4.78, 5) is 27.5. The lowest BCUT2D eigenvalue weighted by atomic mass is 10.2. The van der Waals surface area contributed by atoms with E-state index in [-0.39, 0.29) is 0 Å². The van der Waals surface area contributed by atoms with Gasteiger partial charge >= 0.3 is 5.97 Å². The number of aromatic amines is 1. The maximum atomic E-state index is 12.3. The topological polar surface area (TPSA) is 80.4 Å². The Balaban J connectivity index is 1.65. The predicted octanol–water partition coefficient (Wildman–Crippen LogP) is 3.36. The zero-order chi connectivity index (χ0) is 17.8. The summed E-state index contributed by atoms with van der Waals surface area (Å²) in [5, 5.41) is 3.46. The summed E-state index contributed by atoms with van der Waals surface area (Å²) in [6, 6.07) is 14.3. The quantitative estimate of drug-likeness (QED) is 0.699. The molecular formula is C19H18N2O4. The minimum absolute atomic E-state index is 0.402. The number of hydrogen-bond acceptors (Lipinski definition) is 4. The first kappa shape index (κ1) is 16.6. The molecule has 3 aromatic rings. The first-order chi connectivity index (χ1) is 12.1. The lowest BCUT2D eigenvalue weighted by molar-refractivity contribution is -0.123. The van der Waals surface area contributed by atoms with Crippen LogP contribution in [0, 0.1) is 0 Å². The van der Waals surface area contributed by atoms with E-state index >= 15 is 0 Å². The van der Waals surface area contributed by atoms with Gasteiger partial charge in [-0.3, -0.25) is 4.79 Å². The second kappa shape index (κ2) is 7.09. The average molecular weight is 338 g/mol. The average Bonchev–Trinajstić information content (AvgIpc) is 3.06. The Bertz CT molecular complexity index is 899. The molecule has 2 N–H and O–H groups in total. The van der Waals surface area contributed by atoms with Gasteiger partial charge in [0.05, 0.1) is 12.7 Å². The molecule has 1 heterocycles. The number of carbonyl (C=O) groups is 2. The number of methoxy groups -OCH3 is 1. The lowest BCUT2D eigenvalue weighted by Gasteiger charge is -2.13. The number of rotatable bonds is 5. The summed E-state index contributed by atoms with van der Waals surface area (Å²) >= 11 is 0. The third-order valence-electron chi connectivity index (χ3n) is 3.82. The fraction of sp³-hybridized carbons (Fsp3) is 0.158. The molecule has 6 nitrogen and oxygen atoms in total. The molecule has 1 aromatic heterocycles. The minimum atomic E-state index is -0.928. The van der Waals surface area contributed by atoms with Crippen LogP contribution in [0.4, 0.5) is 5.69 Å². The number of carbonyl (C=O) groups excluding carboxylic acids is 2. The molecule has 0 aliphatic rings. The van der Waals surface area contributed by atoms with E-state index in [9.17, 15) is 9.59 Å². The number of nitrogens with one attached hydrogen (secondary N) is 2. The lowest BCUT2D eigenvalue weighted by Crippen LogP contribution is -2.29. The maximum absolute atomic E-state index is 12.3. The summed E-state index contributed by atoms with van der Waals surface area (Å²) in [6.07, 6.45) is 0.657. The number of fused-ring (bicyclic) bond motifs is 1. The Morgan fingerprint density at radius 3 is 2.52 bits per heavy atom. The van der Waals surface area contributed by atoms with Gasteiger partial charge in [0.2, 0.25) is 0 Å². The van der Waals surface area contributed by atoms with E-state index in [1.807, 2.05) is 24.3 Å². The largest absolute Gasteiger partial charge is 0.497 e. The van der Waals surface area contributed by atoms with Gasteiger partial charge < -0.3 is 19.8 Å². The van der Waals surface area contributed by atoms with E-state index in [0.29, 0.717) is 17.0 Å². The highest BCUT2D eigenvalue weighted by molar-refractivity contribution is 6.05. The molecular weight excluding hydrogens is 320 g/mol. The van der Waals surface area contributed by atoms with Crippen LogP contribution in [0.2, 0.25) is 0 Å². The van der Waals surface area contributed by atoms with E-state index in [1.165, 1.54) is 6.92 Å². The van der Waals surface area contributed by atoms with E-state index in [0.717, 1.165) is 10.9 Å². The molecule has 3 rings (SSSR count). The van der Waals surface area contributed by atoms with Gasteiger partial charge in [-0.2, -0.15) is 0 Å². The van der Waals surface area contributed by atoms with Crippen LogP contribution in [0.25, 0.3) is 10.9 Å². The summed E-state index contributed by atoms with van der Waals surface area (Å²) in [5.41, 5.74) is 1.84. The second-order valence-electron chi connectivity index (χ2n) is 5.51. The Morgan fingerprint density at radius 1 is 1.08 bits per heavy atom. The van der Waals surface area contributed by atoms with E-state index in [4.69, 9.17) is 9.47 Å². The molecule has 6 heteroatoms. The van der Waals surface area contributed by atoms with Crippen molar-refractivity contribution < 1.29 is 19.1 Å². The standard InChI is InChI=1S/C19H18N2O4/c1-12(18(22)21-13-7-9-14(24-2)10-8-13)25-19(23)16-11-20-17-6-4-3-5-15(16)17/h3-12,20H,1-2H3,(H,21,22)/t12-/m1/s1. The molecule has 0 unspecified atom stereocenters. The number of para-hydroxylation sites is 1. The summed E-state index contributed by atoms with van der Waals surface area (Å²) in [6.45, 7) is 1.53. The molecule has 0 fully saturated rings. The van der Waals surface area contributed by atoms with Gasteiger partial charge in [-0.15, -0.1) is 0 Å². The van der Waals surface area contributed by atoms with Crippen LogP contribution >= 0.6 is 0 Å². The zero-order valence-corrected chi connectivity index (χ0v) is 13.9. The molecule has 0 radical (unpaired) electrons. The molecule has 0 bridgehead atoms. The highest BCUT2D eigenvalue weighted by Crippen LogP contribution is 2.19. The third kappa shape index (κ3) is 3.63. The zero-order valence-electron chi connectivity index (χ0n) is 13.9. The smallest absolute Gasteiger partial charge is 0.341 e. The van der Waals surface area contributed by atoms with Crippen LogP contribution < -0.4 is 10.1 Å². The molecule has 0 aliphatic carbocycles. The van der Waals surface area contributed by atoms with Crippen LogP contribution in [-0.4, -0.2) is 30.1 Å². The fourth-order valence-electron chi connectivity index (χ4n) is 2.44. The van der Waals surface area contributed by atoms with Crippen molar-refractivity contribution in [2.24, 2.45) is 0 Å². The van der Waals surface area contributed by atoms with Gasteiger partial charge in [0.1, 0.15) is 5.75 Å². The highest BCUT2D eigenvalue weighted by Gasteiger charge is 2.21. The van der Waals surface area contributed by atoms with E-state index < -0.39 is 18.0 Å². The van der Waals surface area contributed by atoms with Crippen molar-refractivity contribution in [1.29, 1.82) is 0 Å². The molecule has 0 saturated heterocycles. The first-order valence-electron chi connectivity index (χ1n) is 7.80. The molecule has 1 atom stereocenters. The van der Waals surface area contributed by atoms with Crippen LogP contribution in [0.3, 0.4) is 0 Å². The number of hydrogen-bond donors (Lipinski definition) is 2. The number of ether oxygens (including phenoxy) is 2. The molecule has 2 aromatic carbocycles. The molecule has 0 saturated carbocycles. The number of aromatic nitrogens is 1. The molecule has 0 aliphatic heterocycles. The van der Waals surface area contributed by atoms with E-state index in [2.05, 4.69) is 10.3 Å². The third-order valence-corrected chi connectivity index (χ3v) is 3.82. The minimum Gasteiger partial charge on any atom is -0.497 e. The summed E-state index contributed by atoms with van der Waals surface area (Å²) < 4.78 is 10.4. The van der Waals surface area contributed by atoms with Gasteiger partial charge in [-0.25, -0.2) is 4.79 Å². The predicted molar refractivity (Wildman–Crippen MR) is 94.8 cm³/mol.